The number of esters is 1. The molecule has 1 unspecified atom stereocenters. The fourth-order valence-corrected chi connectivity index (χ4v) is 1.19. The van der Waals surface area contributed by atoms with Crippen LogP contribution in [-0.4, -0.2) is 12.6 Å². The van der Waals surface area contributed by atoms with E-state index in [9.17, 15) is 22.4 Å². The zero-order valence-electron chi connectivity index (χ0n) is 8.92. The van der Waals surface area contributed by atoms with E-state index < -0.39 is 23.9 Å². The Bertz CT molecular complexity index is 383. The third-order valence-electron chi connectivity index (χ3n) is 2.02. The predicted molar refractivity (Wildman–Crippen MR) is 51.9 cm³/mol. The van der Waals surface area contributed by atoms with Gasteiger partial charge in [0.1, 0.15) is 0 Å². The number of hydrogen-bond acceptors (Lipinski definition) is 2. The van der Waals surface area contributed by atoms with Gasteiger partial charge < -0.3 is 4.74 Å². The van der Waals surface area contributed by atoms with Crippen molar-refractivity contribution in [3.05, 3.63) is 35.4 Å². The maximum absolute atomic E-state index is 13.4. The van der Waals surface area contributed by atoms with Gasteiger partial charge in [-0.2, -0.15) is 13.2 Å². The van der Waals surface area contributed by atoms with Crippen molar-refractivity contribution in [1.82, 2.24) is 0 Å². The highest BCUT2D eigenvalue weighted by molar-refractivity contribution is 5.76. The van der Waals surface area contributed by atoms with Gasteiger partial charge in [0, 0.05) is 0 Å². The smallest absolute Gasteiger partial charge is 0.416 e. The molecule has 0 aliphatic heterocycles. The van der Waals surface area contributed by atoms with E-state index in [1.54, 1.807) is 0 Å². The van der Waals surface area contributed by atoms with Crippen LogP contribution >= 0.6 is 0 Å². The van der Waals surface area contributed by atoms with E-state index in [-0.39, 0.29) is 12.2 Å². The summed E-state index contributed by atoms with van der Waals surface area (Å²) in [6, 6.07) is 3.29. The Kier molecular flexibility index (Phi) is 4.09. The minimum atomic E-state index is -4.48. The number of hydrogen-bond donors (Lipinski definition) is 0. The molecule has 1 aromatic rings. The summed E-state index contributed by atoms with van der Waals surface area (Å²) in [5.41, 5.74) is -1.05. The molecule has 0 radical (unpaired) electrons. The minimum absolute atomic E-state index is 0.0138. The van der Waals surface area contributed by atoms with E-state index in [0.29, 0.717) is 0 Å². The van der Waals surface area contributed by atoms with Gasteiger partial charge in [-0.05, 0) is 24.6 Å². The van der Waals surface area contributed by atoms with Gasteiger partial charge >= 0.3 is 12.1 Å². The molecule has 0 N–H and O–H groups in total. The standard InChI is InChI=1S/C11H10F4O2/c1-2-17-10(16)9(12)7-3-5-8(6-4-7)11(13,14)15/h3-6,9H,2H2,1H3. The SMILES string of the molecule is CCOC(=O)C(F)c1ccc(C(F)(F)F)cc1. The summed E-state index contributed by atoms with van der Waals surface area (Å²) >= 11 is 0. The van der Waals surface area contributed by atoms with Crippen molar-refractivity contribution in [3.8, 4) is 0 Å². The number of rotatable bonds is 3. The number of ether oxygens (including phenoxy) is 1. The third-order valence-corrected chi connectivity index (χ3v) is 2.02. The van der Waals surface area contributed by atoms with E-state index in [1.807, 2.05) is 0 Å². The molecule has 0 aliphatic carbocycles. The molecule has 1 atom stereocenters. The zero-order valence-corrected chi connectivity index (χ0v) is 8.92. The Morgan fingerprint density at radius 3 is 2.24 bits per heavy atom. The highest BCUT2D eigenvalue weighted by Crippen LogP contribution is 2.30. The number of alkyl halides is 4. The number of benzene rings is 1. The van der Waals surface area contributed by atoms with Crippen LogP contribution in [0, 0.1) is 0 Å². The van der Waals surface area contributed by atoms with Crippen molar-refractivity contribution >= 4 is 5.97 Å². The Balaban J connectivity index is 2.84. The van der Waals surface area contributed by atoms with Crippen LogP contribution in [0.3, 0.4) is 0 Å². The molecular formula is C11H10F4O2. The third kappa shape index (κ3) is 3.44. The summed E-state index contributed by atoms with van der Waals surface area (Å²) in [5.74, 6) is -1.10. The molecule has 17 heavy (non-hydrogen) atoms. The topological polar surface area (TPSA) is 26.3 Å². The molecule has 1 aromatic carbocycles. The second kappa shape index (κ2) is 5.16. The first-order valence-corrected chi connectivity index (χ1v) is 4.84. The van der Waals surface area contributed by atoms with E-state index in [2.05, 4.69) is 4.74 Å². The van der Waals surface area contributed by atoms with Crippen LogP contribution in [0.15, 0.2) is 24.3 Å². The van der Waals surface area contributed by atoms with Gasteiger partial charge in [0.25, 0.3) is 0 Å². The number of carbonyl (C=O) groups is 1. The fraction of sp³-hybridized carbons (Fsp3) is 0.364. The lowest BCUT2D eigenvalue weighted by atomic mass is 10.1. The fourth-order valence-electron chi connectivity index (χ4n) is 1.19. The van der Waals surface area contributed by atoms with E-state index in [1.165, 1.54) is 6.92 Å². The van der Waals surface area contributed by atoms with Crippen molar-refractivity contribution in [2.45, 2.75) is 19.3 Å². The van der Waals surface area contributed by atoms with Gasteiger partial charge in [-0.1, -0.05) is 12.1 Å². The molecule has 0 heterocycles. The molecule has 0 aliphatic rings. The van der Waals surface area contributed by atoms with Gasteiger partial charge in [0.2, 0.25) is 6.17 Å². The summed E-state index contributed by atoms with van der Waals surface area (Å²) in [5, 5.41) is 0. The maximum atomic E-state index is 13.4. The van der Waals surface area contributed by atoms with Gasteiger partial charge in [-0.25, -0.2) is 9.18 Å². The number of carbonyl (C=O) groups excluding carboxylic acids is 1. The summed E-state index contributed by atoms with van der Waals surface area (Å²) < 4.78 is 54.5. The van der Waals surface area contributed by atoms with Crippen LogP contribution in [0.5, 0.6) is 0 Å². The van der Waals surface area contributed by atoms with E-state index in [4.69, 9.17) is 0 Å². The largest absolute Gasteiger partial charge is 0.464 e. The average molecular weight is 250 g/mol. The van der Waals surface area contributed by atoms with Crippen molar-refractivity contribution in [3.63, 3.8) is 0 Å². The first-order chi connectivity index (χ1) is 7.86. The Hall–Kier alpha value is -1.59. The number of halogens is 4. The molecule has 0 amide bonds. The highest BCUT2D eigenvalue weighted by Gasteiger charge is 2.30. The summed E-state index contributed by atoms with van der Waals surface area (Å²) in [4.78, 5) is 11.0. The lowest BCUT2D eigenvalue weighted by Gasteiger charge is -2.10. The monoisotopic (exact) mass is 250 g/mol. The molecule has 0 bridgehead atoms. The summed E-state index contributed by atoms with van der Waals surface area (Å²) in [7, 11) is 0. The first-order valence-electron chi connectivity index (χ1n) is 4.84. The summed E-state index contributed by atoms with van der Waals surface area (Å²) in [6.07, 6.45) is -6.54. The second-order valence-corrected chi connectivity index (χ2v) is 3.23. The lowest BCUT2D eigenvalue weighted by molar-refractivity contribution is -0.149. The molecule has 0 saturated heterocycles. The van der Waals surface area contributed by atoms with Crippen molar-refractivity contribution in [2.24, 2.45) is 0 Å². The van der Waals surface area contributed by atoms with Crippen molar-refractivity contribution < 1.29 is 27.1 Å². The minimum Gasteiger partial charge on any atom is -0.464 e. The van der Waals surface area contributed by atoms with Gasteiger partial charge in [-0.3, -0.25) is 0 Å². The molecule has 0 fully saturated rings. The lowest BCUT2D eigenvalue weighted by Crippen LogP contribution is -2.12. The molecule has 1 rings (SSSR count). The maximum Gasteiger partial charge on any atom is 0.416 e. The van der Waals surface area contributed by atoms with Crippen LogP contribution in [0.1, 0.15) is 24.2 Å². The average Bonchev–Trinajstić information content (AvgIpc) is 2.27. The zero-order chi connectivity index (χ0) is 13.1. The van der Waals surface area contributed by atoms with Crippen molar-refractivity contribution in [1.29, 1.82) is 0 Å². The molecule has 6 heteroatoms. The van der Waals surface area contributed by atoms with Crippen molar-refractivity contribution in [2.75, 3.05) is 6.61 Å². The Morgan fingerprint density at radius 2 is 1.82 bits per heavy atom. The quantitative estimate of drug-likeness (QED) is 0.607. The molecule has 0 aromatic heterocycles. The Morgan fingerprint density at radius 1 is 1.29 bits per heavy atom. The van der Waals surface area contributed by atoms with E-state index in [0.717, 1.165) is 24.3 Å². The van der Waals surface area contributed by atoms with Crippen LogP contribution in [0.2, 0.25) is 0 Å². The van der Waals surface area contributed by atoms with E-state index >= 15 is 0 Å². The van der Waals surface area contributed by atoms with Gasteiger partial charge in [0.05, 0.1) is 12.2 Å². The van der Waals surface area contributed by atoms with Gasteiger partial charge in [0.15, 0.2) is 0 Å². The molecule has 94 valence electrons. The normalized spacial score (nSPS) is 13.2. The highest BCUT2D eigenvalue weighted by atomic mass is 19.4. The van der Waals surface area contributed by atoms with Crippen LogP contribution in [-0.2, 0) is 15.7 Å². The molecule has 2 nitrogen and oxygen atoms in total. The molecule has 0 spiro atoms. The Labute approximate surface area is 95.2 Å². The predicted octanol–water partition coefficient (Wildman–Crippen LogP) is 3.28. The van der Waals surface area contributed by atoms with Gasteiger partial charge in [-0.15, -0.1) is 0 Å². The summed E-state index contributed by atoms with van der Waals surface area (Å²) in [6.45, 7) is 1.53. The van der Waals surface area contributed by atoms with Crippen LogP contribution in [0.4, 0.5) is 17.6 Å². The molecule has 0 saturated carbocycles. The molecular weight excluding hydrogens is 240 g/mol. The first kappa shape index (κ1) is 13.5. The van der Waals surface area contributed by atoms with Crippen LogP contribution < -0.4 is 0 Å². The van der Waals surface area contributed by atoms with Crippen LogP contribution in [0.25, 0.3) is 0 Å². The second-order valence-electron chi connectivity index (χ2n) is 3.23.